The summed E-state index contributed by atoms with van der Waals surface area (Å²) in [6.45, 7) is 8.58. The zero-order chi connectivity index (χ0) is 23.8. The molecule has 0 spiro atoms. The van der Waals surface area contributed by atoms with E-state index in [9.17, 15) is 4.79 Å². The molecule has 3 nitrogen and oxygen atoms in total. The average Bonchev–Trinajstić information content (AvgIpc) is 2.78. The number of carbonyl (C=O) groups is 1. The number of carbonyl (C=O) groups excluding carboxylic acids is 1. The summed E-state index contributed by atoms with van der Waals surface area (Å²) in [6, 6.07) is 23.4. The van der Waals surface area contributed by atoms with Crippen LogP contribution in [0, 0.1) is 0 Å². The number of rotatable bonds is 4. The summed E-state index contributed by atoms with van der Waals surface area (Å²) in [5, 5.41) is 4.63. The number of hydrogen-bond donors (Lipinski definition) is 1. The van der Waals surface area contributed by atoms with E-state index in [2.05, 4.69) is 66.3 Å². The fraction of sp³-hybridized carbons (Fsp3) is 0.214. The van der Waals surface area contributed by atoms with Crippen molar-refractivity contribution in [3.8, 4) is 11.3 Å². The maximum atomic E-state index is 13.4. The van der Waals surface area contributed by atoms with Gasteiger partial charge in [-0.05, 0) is 59.9 Å². The van der Waals surface area contributed by atoms with Gasteiger partial charge in [0.05, 0.1) is 22.8 Å². The van der Waals surface area contributed by atoms with Crippen molar-refractivity contribution in [2.45, 2.75) is 39.2 Å². The molecule has 0 saturated carbocycles. The van der Waals surface area contributed by atoms with Crippen molar-refractivity contribution in [3.05, 3.63) is 99.0 Å². The first-order chi connectivity index (χ1) is 15.6. The monoisotopic (exact) mass is 520 g/mol. The molecule has 1 N–H and O–H groups in total. The Labute approximate surface area is 208 Å². The van der Waals surface area contributed by atoms with E-state index in [0.29, 0.717) is 10.6 Å². The first-order valence-corrected chi connectivity index (χ1v) is 12.1. The van der Waals surface area contributed by atoms with Gasteiger partial charge in [0, 0.05) is 20.4 Å². The Morgan fingerprint density at radius 1 is 0.970 bits per heavy atom. The molecule has 4 aromatic rings. The van der Waals surface area contributed by atoms with E-state index in [4.69, 9.17) is 16.6 Å². The minimum Gasteiger partial charge on any atom is -0.345 e. The number of benzene rings is 3. The van der Waals surface area contributed by atoms with Gasteiger partial charge < -0.3 is 5.32 Å². The molecule has 4 rings (SSSR count). The summed E-state index contributed by atoms with van der Waals surface area (Å²) in [7, 11) is 0. The van der Waals surface area contributed by atoms with Crippen LogP contribution in [0.15, 0.2) is 77.3 Å². The van der Waals surface area contributed by atoms with Gasteiger partial charge in [0.25, 0.3) is 5.91 Å². The maximum Gasteiger partial charge on any atom is 0.252 e. The van der Waals surface area contributed by atoms with Gasteiger partial charge in [-0.3, -0.25) is 4.79 Å². The molecule has 5 heteroatoms. The van der Waals surface area contributed by atoms with E-state index in [-0.39, 0.29) is 17.4 Å². The quantitative estimate of drug-likeness (QED) is 0.295. The van der Waals surface area contributed by atoms with E-state index in [0.717, 1.165) is 32.2 Å². The van der Waals surface area contributed by atoms with Gasteiger partial charge in [0.2, 0.25) is 0 Å². The largest absolute Gasteiger partial charge is 0.345 e. The minimum atomic E-state index is -0.138. The van der Waals surface area contributed by atoms with Gasteiger partial charge in [-0.25, -0.2) is 4.98 Å². The first kappa shape index (κ1) is 23.5. The number of nitrogens with one attached hydrogen (secondary N) is 1. The highest BCUT2D eigenvalue weighted by atomic mass is 79.9. The molecule has 0 aliphatic heterocycles. The molecular weight excluding hydrogens is 496 g/mol. The smallest absolute Gasteiger partial charge is 0.252 e. The van der Waals surface area contributed by atoms with E-state index in [1.54, 1.807) is 0 Å². The molecule has 0 radical (unpaired) electrons. The van der Waals surface area contributed by atoms with Crippen LogP contribution in [0.25, 0.3) is 22.2 Å². The Morgan fingerprint density at radius 3 is 2.27 bits per heavy atom. The normalized spacial score (nSPS) is 12.5. The third kappa shape index (κ3) is 5.29. The van der Waals surface area contributed by atoms with Crippen molar-refractivity contribution in [2.24, 2.45) is 0 Å². The maximum absolute atomic E-state index is 13.4. The highest BCUT2D eigenvalue weighted by Crippen LogP contribution is 2.29. The van der Waals surface area contributed by atoms with Crippen molar-refractivity contribution in [1.82, 2.24) is 10.3 Å². The first-order valence-electron chi connectivity index (χ1n) is 10.9. The van der Waals surface area contributed by atoms with Crippen molar-refractivity contribution in [3.63, 3.8) is 0 Å². The van der Waals surface area contributed by atoms with Crippen LogP contribution >= 0.6 is 27.5 Å². The molecule has 33 heavy (non-hydrogen) atoms. The Morgan fingerprint density at radius 2 is 1.64 bits per heavy atom. The summed E-state index contributed by atoms with van der Waals surface area (Å²) >= 11 is 9.58. The summed E-state index contributed by atoms with van der Waals surface area (Å²) in [5.41, 5.74) is 5.41. The number of halogens is 2. The molecular formula is C28H26BrClN2O. The molecule has 0 aliphatic carbocycles. The zero-order valence-electron chi connectivity index (χ0n) is 19.1. The lowest BCUT2D eigenvalue weighted by atomic mass is 9.86. The molecule has 0 saturated heterocycles. The molecule has 0 fully saturated rings. The van der Waals surface area contributed by atoms with E-state index < -0.39 is 0 Å². The van der Waals surface area contributed by atoms with Crippen LogP contribution in [-0.4, -0.2) is 10.9 Å². The van der Waals surface area contributed by atoms with Crippen LogP contribution in [-0.2, 0) is 5.41 Å². The van der Waals surface area contributed by atoms with Gasteiger partial charge in [-0.15, -0.1) is 0 Å². The number of aromatic nitrogens is 1. The number of fused-ring (bicyclic) bond motifs is 1. The third-order valence-electron chi connectivity index (χ3n) is 5.78. The van der Waals surface area contributed by atoms with Gasteiger partial charge in [0.1, 0.15) is 0 Å². The van der Waals surface area contributed by atoms with Crippen molar-refractivity contribution in [2.75, 3.05) is 0 Å². The van der Waals surface area contributed by atoms with Crippen LogP contribution in [0.5, 0.6) is 0 Å². The average molecular weight is 522 g/mol. The van der Waals surface area contributed by atoms with E-state index >= 15 is 0 Å². The molecule has 1 atom stereocenters. The summed E-state index contributed by atoms with van der Waals surface area (Å²) in [6.07, 6.45) is 0. The van der Waals surface area contributed by atoms with Gasteiger partial charge in [-0.2, -0.15) is 0 Å². The standard InChI is InChI=1S/C28H26BrClN2O/c1-17(18-5-9-20(10-6-18)28(2,3)4)31-27(33)24-16-26(19-7-12-22(30)13-8-19)32-25-14-11-21(29)15-23(24)25/h5-17H,1-4H3,(H,31,33)/t17-/m0/s1. The number of amides is 1. The molecule has 1 heterocycles. The van der Waals surface area contributed by atoms with Crippen molar-refractivity contribution in [1.29, 1.82) is 0 Å². The Balaban J connectivity index is 1.69. The number of nitrogens with zero attached hydrogens (tertiary/aromatic N) is 1. The second-order valence-corrected chi connectivity index (χ2v) is 10.6. The minimum absolute atomic E-state index is 0.0897. The fourth-order valence-electron chi connectivity index (χ4n) is 3.78. The van der Waals surface area contributed by atoms with Gasteiger partial charge in [-0.1, -0.05) is 84.7 Å². The molecule has 3 aromatic carbocycles. The Kier molecular flexibility index (Phi) is 6.60. The van der Waals surface area contributed by atoms with Crippen LogP contribution in [0.4, 0.5) is 0 Å². The molecule has 1 aromatic heterocycles. The fourth-order valence-corrected chi connectivity index (χ4v) is 4.27. The molecule has 168 valence electrons. The summed E-state index contributed by atoms with van der Waals surface area (Å²) < 4.78 is 0.899. The lowest BCUT2D eigenvalue weighted by Gasteiger charge is -2.21. The van der Waals surface area contributed by atoms with E-state index in [1.165, 1.54) is 5.56 Å². The highest BCUT2D eigenvalue weighted by molar-refractivity contribution is 9.10. The van der Waals surface area contributed by atoms with Gasteiger partial charge in [0.15, 0.2) is 0 Å². The van der Waals surface area contributed by atoms with Crippen LogP contribution in [0.2, 0.25) is 5.02 Å². The Hall–Kier alpha value is -2.69. The second-order valence-electron chi connectivity index (χ2n) is 9.29. The summed E-state index contributed by atoms with van der Waals surface area (Å²) in [5.74, 6) is -0.136. The van der Waals surface area contributed by atoms with Crippen LogP contribution in [0.1, 0.15) is 55.2 Å². The molecule has 1 amide bonds. The zero-order valence-corrected chi connectivity index (χ0v) is 21.5. The van der Waals surface area contributed by atoms with Crippen molar-refractivity contribution >= 4 is 44.3 Å². The predicted molar refractivity (Wildman–Crippen MR) is 141 cm³/mol. The highest BCUT2D eigenvalue weighted by Gasteiger charge is 2.18. The SMILES string of the molecule is C[C@H](NC(=O)c1cc(-c2ccc(Cl)cc2)nc2ccc(Br)cc12)c1ccc(C(C)(C)C)cc1. The van der Waals surface area contributed by atoms with Crippen molar-refractivity contribution < 1.29 is 4.79 Å². The van der Waals surface area contributed by atoms with E-state index in [1.807, 2.05) is 55.5 Å². The third-order valence-corrected chi connectivity index (χ3v) is 6.52. The second kappa shape index (κ2) is 9.28. The number of pyridine rings is 1. The van der Waals surface area contributed by atoms with Crippen LogP contribution in [0.3, 0.4) is 0 Å². The summed E-state index contributed by atoms with van der Waals surface area (Å²) in [4.78, 5) is 18.2. The Bertz CT molecular complexity index is 1310. The molecule has 0 aliphatic rings. The molecule has 0 bridgehead atoms. The van der Waals surface area contributed by atoms with Crippen LogP contribution < -0.4 is 5.32 Å². The topological polar surface area (TPSA) is 42.0 Å². The predicted octanol–water partition coefficient (Wildman–Crippen LogP) is 8.11. The molecule has 0 unspecified atom stereocenters. The number of hydrogen-bond acceptors (Lipinski definition) is 2. The van der Waals surface area contributed by atoms with Gasteiger partial charge >= 0.3 is 0 Å². The lowest BCUT2D eigenvalue weighted by molar-refractivity contribution is 0.0941. The lowest BCUT2D eigenvalue weighted by Crippen LogP contribution is -2.27.